The second kappa shape index (κ2) is 4.42. The summed E-state index contributed by atoms with van der Waals surface area (Å²) in [6.45, 7) is 2.02. The Balaban J connectivity index is 3.35. The fourth-order valence-corrected chi connectivity index (χ4v) is 0.903. The quantitative estimate of drug-likeness (QED) is 0.619. The first-order chi connectivity index (χ1) is 3.72. The second-order valence-electron chi connectivity index (χ2n) is 1.69. The predicted molar refractivity (Wildman–Crippen MR) is 36.4 cm³/mol. The molecule has 50 valence electrons. The van der Waals surface area contributed by atoms with Gasteiger partial charge < -0.3 is 5.11 Å². The highest BCUT2D eigenvalue weighted by Crippen LogP contribution is 2.16. The monoisotopic (exact) mass is 156 g/mol. The highest BCUT2D eigenvalue weighted by atomic mass is 35.5. The molecule has 0 aromatic heterocycles. The van der Waals surface area contributed by atoms with Crippen LogP contribution in [-0.2, 0) is 0 Å². The van der Waals surface area contributed by atoms with Crippen molar-refractivity contribution in [3.8, 4) is 0 Å². The Kier molecular flexibility index (Phi) is 4.72. The normalized spacial score (nSPS) is 14.6. The maximum absolute atomic E-state index is 8.53. The number of hydrogen-bond acceptors (Lipinski definition) is 1. The molecule has 0 heterocycles. The molecular weight excluding hydrogens is 147 g/mol. The van der Waals surface area contributed by atoms with E-state index in [1.54, 1.807) is 0 Å². The van der Waals surface area contributed by atoms with Gasteiger partial charge in [-0.05, 0) is 6.42 Å². The first-order valence-electron chi connectivity index (χ1n) is 2.61. The predicted octanol–water partition coefficient (Wildman–Crippen LogP) is 1.81. The molecule has 0 rings (SSSR count). The molecular formula is C5H10Cl2O. The molecule has 0 aromatic rings. The maximum atomic E-state index is 8.53. The topological polar surface area (TPSA) is 20.2 Å². The van der Waals surface area contributed by atoms with E-state index in [0.717, 1.165) is 6.42 Å². The largest absolute Gasteiger partial charge is 0.396 e. The number of rotatable bonds is 3. The molecule has 0 saturated carbocycles. The first kappa shape index (κ1) is 8.54. The Labute approximate surface area is 59.6 Å². The number of aliphatic hydroxyl groups excluding tert-OH is 1. The summed E-state index contributed by atoms with van der Waals surface area (Å²) in [5.41, 5.74) is 0. The van der Waals surface area contributed by atoms with E-state index in [0.29, 0.717) is 0 Å². The summed E-state index contributed by atoms with van der Waals surface area (Å²) in [6.07, 6.45) is 0.828. The van der Waals surface area contributed by atoms with Crippen LogP contribution in [0, 0.1) is 5.92 Å². The van der Waals surface area contributed by atoms with Crippen LogP contribution in [-0.4, -0.2) is 16.5 Å². The molecule has 1 N–H and O–H groups in total. The third-order valence-corrected chi connectivity index (χ3v) is 1.83. The summed E-state index contributed by atoms with van der Waals surface area (Å²) >= 11 is 10.9. The minimum atomic E-state index is -0.426. The third-order valence-electron chi connectivity index (χ3n) is 1.12. The van der Waals surface area contributed by atoms with Crippen LogP contribution in [0.3, 0.4) is 0 Å². The van der Waals surface area contributed by atoms with Gasteiger partial charge in [-0.1, -0.05) is 6.92 Å². The van der Waals surface area contributed by atoms with Crippen molar-refractivity contribution in [1.82, 2.24) is 0 Å². The van der Waals surface area contributed by atoms with Gasteiger partial charge in [-0.15, -0.1) is 23.2 Å². The summed E-state index contributed by atoms with van der Waals surface area (Å²) in [6, 6.07) is 0. The average molecular weight is 157 g/mol. The van der Waals surface area contributed by atoms with E-state index in [1.807, 2.05) is 6.92 Å². The molecule has 0 radical (unpaired) electrons. The molecule has 0 aliphatic heterocycles. The highest BCUT2D eigenvalue weighted by Gasteiger charge is 2.12. The van der Waals surface area contributed by atoms with Gasteiger partial charge in [-0.25, -0.2) is 0 Å². The number of halogens is 2. The molecule has 0 aromatic carbocycles. The summed E-state index contributed by atoms with van der Waals surface area (Å²) < 4.78 is 0. The molecule has 8 heavy (non-hydrogen) atoms. The van der Waals surface area contributed by atoms with Crippen LogP contribution in [0.4, 0.5) is 0 Å². The summed E-state index contributed by atoms with van der Waals surface area (Å²) in [5.74, 6) is 0.0401. The summed E-state index contributed by atoms with van der Waals surface area (Å²) in [7, 11) is 0. The van der Waals surface area contributed by atoms with E-state index >= 15 is 0 Å². The molecule has 0 aliphatic carbocycles. The molecule has 0 bridgehead atoms. The fourth-order valence-electron chi connectivity index (χ4n) is 0.387. The maximum Gasteiger partial charge on any atom is 0.112 e. The van der Waals surface area contributed by atoms with Gasteiger partial charge in [-0.3, -0.25) is 0 Å². The number of alkyl halides is 2. The lowest BCUT2D eigenvalue weighted by Crippen LogP contribution is -2.12. The van der Waals surface area contributed by atoms with Gasteiger partial charge >= 0.3 is 0 Å². The zero-order chi connectivity index (χ0) is 6.57. The van der Waals surface area contributed by atoms with Crippen LogP contribution in [0.1, 0.15) is 13.3 Å². The summed E-state index contributed by atoms with van der Waals surface area (Å²) in [4.78, 5) is -0.426. The van der Waals surface area contributed by atoms with E-state index in [-0.39, 0.29) is 12.5 Å². The van der Waals surface area contributed by atoms with E-state index in [9.17, 15) is 0 Å². The van der Waals surface area contributed by atoms with E-state index < -0.39 is 4.84 Å². The average Bonchev–Trinajstić information content (AvgIpc) is 1.69. The van der Waals surface area contributed by atoms with E-state index in [1.165, 1.54) is 0 Å². The van der Waals surface area contributed by atoms with E-state index in [4.69, 9.17) is 28.3 Å². The van der Waals surface area contributed by atoms with Crippen molar-refractivity contribution in [2.75, 3.05) is 6.61 Å². The Morgan fingerprint density at radius 2 is 2.00 bits per heavy atom. The molecule has 0 amide bonds. The molecule has 3 heteroatoms. The third kappa shape index (κ3) is 2.75. The molecule has 0 spiro atoms. The van der Waals surface area contributed by atoms with Gasteiger partial charge in [0.05, 0.1) is 0 Å². The fraction of sp³-hybridized carbons (Fsp3) is 1.00. The van der Waals surface area contributed by atoms with Gasteiger partial charge in [0.15, 0.2) is 0 Å². The standard InChI is InChI=1S/C5H10Cl2O/c1-2-4(3-8)5(6)7/h4-5,8H,2-3H2,1H3. The lowest BCUT2D eigenvalue weighted by Gasteiger charge is -2.10. The van der Waals surface area contributed by atoms with Crippen LogP contribution in [0.2, 0.25) is 0 Å². The summed E-state index contributed by atoms with van der Waals surface area (Å²) in [5, 5.41) is 8.53. The molecule has 0 aliphatic rings. The van der Waals surface area contributed by atoms with Crippen molar-refractivity contribution in [1.29, 1.82) is 0 Å². The molecule has 1 atom stereocenters. The lowest BCUT2D eigenvalue weighted by atomic mass is 10.1. The molecule has 1 nitrogen and oxygen atoms in total. The molecule has 1 unspecified atom stereocenters. The zero-order valence-corrected chi connectivity index (χ0v) is 6.28. The van der Waals surface area contributed by atoms with Crippen LogP contribution >= 0.6 is 23.2 Å². The number of aliphatic hydroxyl groups is 1. The Bertz CT molecular complexity index is 52.4. The van der Waals surface area contributed by atoms with Crippen molar-refractivity contribution in [3.05, 3.63) is 0 Å². The minimum absolute atomic E-state index is 0.0401. The Morgan fingerprint density at radius 1 is 1.50 bits per heavy atom. The van der Waals surface area contributed by atoms with Crippen LogP contribution in [0.5, 0.6) is 0 Å². The number of hydrogen-bond donors (Lipinski definition) is 1. The van der Waals surface area contributed by atoms with Gasteiger partial charge in [0.2, 0.25) is 0 Å². The Hall–Kier alpha value is 0.540. The zero-order valence-electron chi connectivity index (χ0n) is 4.77. The van der Waals surface area contributed by atoms with Crippen LogP contribution < -0.4 is 0 Å². The SMILES string of the molecule is CCC(CO)C(Cl)Cl. The van der Waals surface area contributed by atoms with Crippen molar-refractivity contribution in [2.45, 2.75) is 18.2 Å². The van der Waals surface area contributed by atoms with Crippen LogP contribution in [0.25, 0.3) is 0 Å². The second-order valence-corrected chi connectivity index (χ2v) is 2.85. The molecule has 0 saturated heterocycles. The lowest BCUT2D eigenvalue weighted by molar-refractivity contribution is 0.230. The van der Waals surface area contributed by atoms with Crippen molar-refractivity contribution in [2.24, 2.45) is 5.92 Å². The van der Waals surface area contributed by atoms with Crippen molar-refractivity contribution < 1.29 is 5.11 Å². The minimum Gasteiger partial charge on any atom is -0.396 e. The van der Waals surface area contributed by atoms with Crippen molar-refractivity contribution in [3.63, 3.8) is 0 Å². The van der Waals surface area contributed by atoms with Gasteiger partial charge in [-0.2, -0.15) is 0 Å². The Morgan fingerprint density at radius 3 is 2.00 bits per heavy atom. The van der Waals surface area contributed by atoms with Gasteiger partial charge in [0.25, 0.3) is 0 Å². The smallest absolute Gasteiger partial charge is 0.112 e. The van der Waals surface area contributed by atoms with Gasteiger partial charge in [0, 0.05) is 12.5 Å². The highest BCUT2D eigenvalue weighted by molar-refractivity contribution is 6.44. The molecule has 0 fully saturated rings. The first-order valence-corrected chi connectivity index (χ1v) is 3.48. The van der Waals surface area contributed by atoms with Crippen molar-refractivity contribution >= 4 is 23.2 Å². The van der Waals surface area contributed by atoms with Gasteiger partial charge in [0.1, 0.15) is 4.84 Å². The van der Waals surface area contributed by atoms with E-state index in [2.05, 4.69) is 0 Å². The van der Waals surface area contributed by atoms with Crippen LogP contribution in [0.15, 0.2) is 0 Å².